The third kappa shape index (κ3) is 9.24. The van der Waals surface area contributed by atoms with E-state index in [-0.39, 0.29) is 0 Å². The molecule has 2 aliphatic heterocycles. The zero-order chi connectivity index (χ0) is 36.2. The number of fused-ring (bicyclic) bond motifs is 4. The molecule has 2 aliphatic rings. The van der Waals surface area contributed by atoms with E-state index < -0.39 is 0 Å². The van der Waals surface area contributed by atoms with Gasteiger partial charge in [0.05, 0.1) is 88.2 Å². The molecule has 0 saturated heterocycles. The van der Waals surface area contributed by atoms with Crippen molar-refractivity contribution in [2.75, 3.05) is 75.2 Å². The monoisotopic (exact) mass is 736 g/mol. The van der Waals surface area contributed by atoms with Crippen molar-refractivity contribution in [3.63, 3.8) is 0 Å². The summed E-state index contributed by atoms with van der Waals surface area (Å²) in [4.78, 5) is 10.7. The van der Waals surface area contributed by atoms with Gasteiger partial charge in [-0.3, -0.25) is 0 Å². The van der Waals surface area contributed by atoms with E-state index in [1.807, 2.05) is 23.5 Å². The van der Waals surface area contributed by atoms with Crippen LogP contribution >= 0.6 is 23.5 Å². The van der Waals surface area contributed by atoms with Gasteiger partial charge in [0.2, 0.25) is 0 Å². The molecular weight excluding hydrogens is 673 g/mol. The average molecular weight is 737 g/mol. The van der Waals surface area contributed by atoms with Crippen LogP contribution in [0.15, 0.2) is 117 Å². The number of benzene rings is 4. The van der Waals surface area contributed by atoms with Gasteiger partial charge in [-0.25, -0.2) is 0 Å². The number of anilines is 4. The third-order valence-corrected chi connectivity index (χ3v) is 14.6. The Bertz CT molecular complexity index is 1480. The molecule has 0 unspecified atom stereocenters. The van der Waals surface area contributed by atoms with E-state index in [0.29, 0.717) is 0 Å². The maximum Gasteiger partial charge on any atom is 0.0968 e. The second-order valence-electron chi connectivity index (χ2n) is 15.0. The number of unbranched alkanes of at least 4 members (excludes halogenated alkanes) is 7. The number of nitrogens with zero attached hydrogens (tertiary/aromatic N) is 4. The van der Waals surface area contributed by atoms with Crippen molar-refractivity contribution < 1.29 is 8.97 Å². The molecule has 0 radical (unpaired) electrons. The van der Waals surface area contributed by atoms with E-state index >= 15 is 0 Å². The highest BCUT2D eigenvalue weighted by Crippen LogP contribution is 2.49. The summed E-state index contributed by atoms with van der Waals surface area (Å²) >= 11 is 3.83. The summed E-state index contributed by atoms with van der Waals surface area (Å²) in [7, 11) is 0. The van der Waals surface area contributed by atoms with E-state index in [1.54, 1.807) is 0 Å². The van der Waals surface area contributed by atoms with Crippen LogP contribution < -0.4 is 9.80 Å². The number of hydrogen-bond acceptors (Lipinski definition) is 4. The van der Waals surface area contributed by atoms with Crippen LogP contribution in [-0.2, 0) is 0 Å². The Labute approximate surface area is 324 Å². The summed E-state index contributed by atoms with van der Waals surface area (Å²) in [6.07, 6.45) is 11.0. The Kier molecular flexibility index (Phi) is 14.1. The van der Waals surface area contributed by atoms with Crippen LogP contribution in [0.25, 0.3) is 0 Å². The van der Waals surface area contributed by atoms with Gasteiger partial charge in [0.15, 0.2) is 0 Å². The highest BCUT2D eigenvalue weighted by molar-refractivity contribution is 8.00. The Morgan fingerprint density at radius 3 is 0.923 bits per heavy atom. The minimum Gasteiger partial charge on any atom is -0.334 e. The SMILES string of the molecule is CC[N+](CC)(CCCCCCCCCC[N+](CC)(CC)CCN1c2ccccc2Sc2ccccc21)CCN1c2ccccc2Sc2ccccc21. The van der Waals surface area contributed by atoms with Gasteiger partial charge in [-0.1, -0.05) is 97.7 Å². The summed E-state index contributed by atoms with van der Waals surface area (Å²) in [5, 5.41) is 0. The van der Waals surface area contributed by atoms with Gasteiger partial charge in [0, 0.05) is 19.6 Å². The van der Waals surface area contributed by atoms with Crippen LogP contribution in [0.2, 0.25) is 0 Å². The number of likely N-dealkylation sites (N-methyl/N-ethyl adjacent to an activating group) is 2. The van der Waals surface area contributed by atoms with Gasteiger partial charge < -0.3 is 18.8 Å². The lowest BCUT2D eigenvalue weighted by Crippen LogP contribution is -2.52. The second-order valence-corrected chi connectivity index (χ2v) is 17.2. The first kappa shape index (κ1) is 38.8. The fraction of sp³-hybridized carbons (Fsp3) is 0.478. The van der Waals surface area contributed by atoms with Gasteiger partial charge in [-0.2, -0.15) is 0 Å². The van der Waals surface area contributed by atoms with Crippen molar-refractivity contribution >= 4 is 46.3 Å². The van der Waals surface area contributed by atoms with Gasteiger partial charge in [-0.05, 0) is 102 Å². The van der Waals surface area contributed by atoms with Crippen LogP contribution in [0, 0.1) is 0 Å². The van der Waals surface area contributed by atoms with E-state index in [1.165, 1.54) is 155 Å². The summed E-state index contributed by atoms with van der Waals surface area (Å²) < 4.78 is 2.44. The Hall–Kier alpha value is -2.90. The number of quaternary nitrogens is 2. The van der Waals surface area contributed by atoms with Crippen LogP contribution in [0.4, 0.5) is 22.7 Å². The lowest BCUT2D eigenvalue weighted by atomic mass is 10.1. The topological polar surface area (TPSA) is 6.48 Å². The molecule has 2 heterocycles. The van der Waals surface area contributed by atoms with E-state index in [9.17, 15) is 0 Å². The summed E-state index contributed by atoms with van der Waals surface area (Å²) in [6.45, 7) is 21.7. The third-order valence-electron chi connectivity index (χ3n) is 12.4. The molecule has 0 saturated carbocycles. The maximum absolute atomic E-state index is 2.59. The summed E-state index contributed by atoms with van der Waals surface area (Å²) in [5.74, 6) is 0. The van der Waals surface area contributed by atoms with Crippen LogP contribution in [0.5, 0.6) is 0 Å². The largest absolute Gasteiger partial charge is 0.334 e. The van der Waals surface area contributed by atoms with Crippen molar-refractivity contribution in [1.29, 1.82) is 0 Å². The van der Waals surface area contributed by atoms with Crippen molar-refractivity contribution in [1.82, 2.24) is 0 Å². The molecule has 0 amide bonds. The van der Waals surface area contributed by atoms with Gasteiger partial charge >= 0.3 is 0 Å². The normalized spacial score (nSPS) is 13.8. The molecule has 4 aromatic rings. The molecule has 0 bridgehead atoms. The second kappa shape index (κ2) is 18.9. The Balaban J connectivity index is 0.899. The average Bonchev–Trinajstić information content (AvgIpc) is 3.20. The van der Waals surface area contributed by atoms with Gasteiger partial charge in [-0.15, -0.1) is 0 Å². The van der Waals surface area contributed by atoms with Crippen molar-refractivity contribution in [3.8, 4) is 0 Å². The number of hydrogen-bond donors (Lipinski definition) is 0. The first-order chi connectivity index (χ1) is 25.5. The van der Waals surface area contributed by atoms with Crippen molar-refractivity contribution in [2.24, 2.45) is 0 Å². The smallest absolute Gasteiger partial charge is 0.0968 e. The van der Waals surface area contributed by atoms with Crippen molar-refractivity contribution in [3.05, 3.63) is 97.1 Å². The Morgan fingerprint density at radius 1 is 0.365 bits per heavy atom. The number of para-hydroxylation sites is 4. The molecule has 6 heteroatoms. The fourth-order valence-corrected chi connectivity index (χ4v) is 10.8. The first-order valence-corrected chi connectivity index (χ1v) is 22.1. The highest BCUT2D eigenvalue weighted by atomic mass is 32.2. The Morgan fingerprint density at radius 2 is 0.635 bits per heavy atom. The zero-order valence-electron chi connectivity index (χ0n) is 32.6. The van der Waals surface area contributed by atoms with E-state index in [2.05, 4.69) is 135 Å². The fourth-order valence-electron chi connectivity index (χ4n) is 8.56. The molecule has 6 rings (SSSR count). The predicted octanol–water partition coefficient (Wildman–Crippen LogP) is 12.4. The van der Waals surface area contributed by atoms with E-state index in [0.717, 1.165) is 13.1 Å². The summed E-state index contributed by atoms with van der Waals surface area (Å²) in [5.41, 5.74) is 5.50. The van der Waals surface area contributed by atoms with Crippen LogP contribution in [0.1, 0.15) is 79.1 Å². The molecular formula is C46H64N4S2+2. The molecule has 4 aromatic carbocycles. The van der Waals surface area contributed by atoms with Crippen LogP contribution in [0.3, 0.4) is 0 Å². The molecule has 4 nitrogen and oxygen atoms in total. The van der Waals surface area contributed by atoms with Crippen molar-refractivity contribution in [2.45, 2.75) is 98.6 Å². The molecule has 0 atom stereocenters. The molecule has 0 aromatic heterocycles. The van der Waals surface area contributed by atoms with Crippen LogP contribution in [-0.4, -0.2) is 74.4 Å². The van der Waals surface area contributed by atoms with Gasteiger partial charge in [0.1, 0.15) is 0 Å². The summed E-state index contributed by atoms with van der Waals surface area (Å²) in [6, 6.07) is 35.8. The molecule has 52 heavy (non-hydrogen) atoms. The molecule has 278 valence electrons. The standard InChI is InChI=1S/C46H64N4S2/c1-5-49(6-2,37-33-47-39-25-15-19-29-43(39)51-44-30-20-16-26-40(44)47)35-23-13-11-9-10-12-14-24-36-50(7-3,8-4)38-34-48-41-27-17-21-31-45(41)52-46-32-22-18-28-42(46)48/h15-22,25-32H,5-14,23-24,33-38H2,1-4H3/q+2. The van der Waals surface area contributed by atoms with E-state index in [4.69, 9.17) is 0 Å². The lowest BCUT2D eigenvalue weighted by Gasteiger charge is -2.40. The highest BCUT2D eigenvalue weighted by Gasteiger charge is 2.30. The molecule has 0 aliphatic carbocycles. The lowest BCUT2D eigenvalue weighted by molar-refractivity contribution is -0.923. The number of rotatable bonds is 21. The van der Waals surface area contributed by atoms with Gasteiger partial charge in [0.25, 0.3) is 0 Å². The molecule has 0 spiro atoms. The zero-order valence-corrected chi connectivity index (χ0v) is 34.2. The quantitative estimate of drug-likeness (QED) is 0.0620. The molecule has 0 N–H and O–H groups in total. The molecule has 0 fully saturated rings. The first-order valence-electron chi connectivity index (χ1n) is 20.5. The predicted molar refractivity (Wildman–Crippen MR) is 227 cm³/mol. The maximum atomic E-state index is 2.59. The minimum absolute atomic E-state index is 1.08. The minimum atomic E-state index is 1.08.